The van der Waals surface area contributed by atoms with Gasteiger partial charge in [-0.15, -0.1) is 0 Å². The van der Waals surface area contributed by atoms with Gasteiger partial charge in [-0.1, -0.05) is 184 Å². The molecule has 0 aliphatic heterocycles. The fourth-order valence-electron chi connectivity index (χ4n) is 6.63. The van der Waals surface area contributed by atoms with E-state index < -0.39 is 39.2 Å². The highest BCUT2D eigenvalue weighted by atomic mass is 31.2. The number of phosphoric ester groups is 1. The second kappa shape index (κ2) is 47.6. The van der Waals surface area contributed by atoms with Crippen LogP contribution in [-0.4, -0.2) is 66.3 Å². The second-order valence-corrected chi connectivity index (χ2v) is 17.9. The van der Waals surface area contributed by atoms with Gasteiger partial charge >= 0.3 is 13.8 Å². The highest BCUT2D eigenvalue weighted by Gasteiger charge is 2.26. The Morgan fingerprint density at radius 3 is 1.34 bits per heavy atom. The molecule has 0 spiro atoms. The minimum absolute atomic E-state index is 0.0371. The van der Waals surface area contributed by atoms with Gasteiger partial charge in [-0.2, -0.15) is 0 Å². The molecular formula is C51H93O9P. The molecule has 9 nitrogen and oxygen atoms in total. The molecule has 0 aromatic heterocycles. The number of ether oxygens (including phenoxy) is 2. The van der Waals surface area contributed by atoms with Crippen molar-refractivity contribution in [3.8, 4) is 0 Å². The number of unbranched alkanes of at least 4 members (excludes halogenated alkanes) is 23. The molecule has 61 heavy (non-hydrogen) atoms. The topological polar surface area (TPSA) is 132 Å². The Kier molecular flexibility index (Phi) is 46.2. The van der Waals surface area contributed by atoms with Gasteiger partial charge in [-0.05, 0) is 83.5 Å². The van der Waals surface area contributed by atoms with E-state index in [1.54, 1.807) is 0 Å². The van der Waals surface area contributed by atoms with Crippen LogP contribution >= 0.6 is 7.82 Å². The number of hydrogen-bond donors (Lipinski definition) is 3. The zero-order valence-corrected chi connectivity index (χ0v) is 40.0. The Hall–Kier alpha value is -1.84. The van der Waals surface area contributed by atoms with Crippen LogP contribution in [0.1, 0.15) is 213 Å². The lowest BCUT2D eigenvalue weighted by Gasteiger charge is -2.20. The van der Waals surface area contributed by atoms with Crippen LogP contribution in [0.15, 0.2) is 60.8 Å². The molecule has 0 aromatic rings. The number of rotatable bonds is 47. The number of aliphatic hydroxyl groups is 2. The maximum absolute atomic E-state index is 12.7. The molecule has 3 atom stereocenters. The van der Waals surface area contributed by atoms with Crippen LogP contribution in [0.4, 0.5) is 0 Å². The van der Waals surface area contributed by atoms with Crippen molar-refractivity contribution < 1.29 is 43.0 Å². The van der Waals surface area contributed by atoms with E-state index in [2.05, 4.69) is 74.6 Å². The van der Waals surface area contributed by atoms with Crippen molar-refractivity contribution >= 4 is 13.8 Å². The molecule has 0 rings (SSSR count). The number of carbonyl (C=O) groups excluding carboxylic acids is 1. The third-order valence-corrected chi connectivity index (χ3v) is 11.4. The quantitative estimate of drug-likeness (QED) is 0.0237. The summed E-state index contributed by atoms with van der Waals surface area (Å²) in [5, 5.41) is 18.4. The van der Waals surface area contributed by atoms with Crippen LogP contribution in [0.5, 0.6) is 0 Å². The van der Waals surface area contributed by atoms with Crippen LogP contribution in [0.3, 0.4) is 0 Å². The Labute approximate surface area is 374 Å². The first-order valence-corrected chi connectivity index (χ1v) is 26.3. The van der Waals surface area contributed by atoms with E-state index in [0.29, 0.717) is 6.61 Å². The molecule has 0 aromatic carbocycles. The smallest absolute Gasteiger partial charge is 0.457 e. The first-order valence-electron chi connectivity index (χ1n) is 24.8. The lowest BCUT2D eigenvalue weighted by atomic mass is 10.1. The normalized spacial score (nSPS) is 14.4. The van der Waals surface area contributed by atoms with E-state index in [1.807, 2.05) is 0 Å². The van der Waals surface area contributed by atoms with Gasteiger partial charge in [0, 0.05) is 13.0 Å². The van der Waals surface area contributed by atoms with Crippen LogP contribution < -0.4 is 0 Å². The molecule has 0 heterocycles. The van der Waals surface area contributed by atoms with Crippen molar-refractivity contribution in [3.05, 3.63) is 60.8 Å². The van der Waals surface area contributed by atoms with Gasteiger partial charge in [0.25, 0.3) is 0 Å². The van der Waals surface area contributed by atoms with E-state index in [0.717, 1.165) is 77.0 Å². The van der Waals surface area contributed by atoms with Gasteiger partial charge in [0.1, 0.15) is 12.2 Å². The fourth-order valence-corrected chi connectivity index (χ4v) is 7.42. The Morgan fingerprint density at radius 1 is 0.508 bits per heavy atom. The number of phosphoric acid groups is 1. The summed E-state index contributed by atoms with van der Waals surface area (Å²) in [5.74, 6) is -0.394. The van der Waals surface area contributed by atoms with Crippen molar-refractivity contribution in [3.63, 3.8) is 0 Å². The van der Waals surface area contributed by atoms with Gasteiger partial charge < -0.3 is 24.6 Å². The molecule has 0 amide bonds. The van der Waals surface area contributed by atoms with E-state index in [1.165, 1.54) is 116 Å². The summed E-state index contributed by atoms with van der Waals surface area (Å²) >= 11 is 0. The van der Waals surface area contributed by atoms with Crippen LogP contribution in [0.2, 0.25) is 0 Å². The molecule has 0 fully saturated rings. The standard InChI is InChI=1S/C51H93O9P/c1-3-5-7-9-11-13-15-17-19-21-22-23-24-25-26-27-29-31-33-35-37-39-41-43-51(54)60-50(48-59-61(55,56)58-46-49(53)45-52)47-57-44-42-40-38-36-34-32-30-28-20-18-16-14-12-10-8-6-4-2/h14-17,20-22,24-25,28,49-50,52-53H,3-13,18-19,23,26-27,29-48H2,1-2H3,(H,55,56)/b16-14-,17-15-,22-21-,25-24-,28-20-. The summed E-state index contributed by atoms with van der Waals surface area (Å²) in [6, 6.07) is 0. The Morgan fingerprint density at radius 2 is 0.885 bits per heavy atom. The largest absolute Gasteiger partial charge is 0.472 e. The van der Waals surface area contributed by atoms with Crippen molar-refractivity contribution in [2.24, 2.45) is 0 Å². The van der Waals surface area contributed by atoms with Gasteiger partial charge in [-0.25, -0.2) is 4.57 Å². The van der Waals surface area contributed by atoms with E-state index in [4.69, 9.17) is 23.6 Å². The van der Waals surface area contributed by atoms with Gasteiger partial charge in [-0.3, -0.25) is 13.8 Å². The van der Waals surface area contributed by atoms with Crippen molar-refractivity contribution in [1.29, 1.82) is 0 Å². The van der Waals surface area contributed by atoms with Crippen molar-refractivity contribution in [2.45, 2.75) is 225 Å². The molecule has 0 saturated carbocycles. The van der Waals surface area contributed by atoms with E-state index in [9.17, 15) is 19.4 Å². The second-order valence-electron chi connectivity index (χ2n) is 16.5. The third kappa shape index (κ3) is 47.5. The number of esters is 1. The SMILES string of the molecule is CCCCCC/C=C\C/C=C\CCCCCCCCOCC(COP(=O)(O)OCC(O)CO)OC(=O)CCCCCCCCCC/C=C\C/C=C\C/C=C\CCCCCCC. The predicted molar refractivity (Wildman–Crippen MR) is 256 cm³/mol. The van der Waals surface area contributed by atoms with E-state index >= 15 is 0 Å². The minimum atomic E-state index is -4.53. The molecule has 0 bridgehead atoms. The van der Waals surface area contributed by atoms with Crippen LogP contribution in [-0.2, 0) is 27.9 Å². The summed E-state index contributed by atoms with van der Waals surface area (Å²) in [4.78, 5) is 22.7. The average Bonchev–Trinajstić information content (AvgIpc) is 3.25. The van der Waals surface area contributed by atoms with E-state index in [-0.39, 0.29) is 19.6 Å². The molecule has 0 aliphatic rings. The average molecular weight is 881 g/mol. The molecular weight excluding hydrogens is 788 g/mol. The van der Waals surface area contributed by atoms with Gasteiger partial charge in [0.15, 0.2) is 0 Å². The summed E-state index contributed by atoms with van der Waals surface area (Å²) in [6.45, 7) is 3.47. The monoisotopic (exact) mass is 881 g/mol. The number of hydrogen-bond acceptors (Lipinski definition) is 8. The minimum Gasteiger partial charge on any atom is -0.457 e. The summed E-state index contributed by atoms with van der Waals surface area (Å²) in [6.07, 6.45) is 56.1. The van der Waals surface area contributed by atoms with Crippen LogP contribution in [0.25, 0.3) is 0 Å². The van der Waals surface area contributed by atoms with Crippen molar-refractivity contribution in [2.75, 3.05) is 33.0 Å². The fraction of sp³-hybridized carbons (Fsp3) is 0.784. The highest BCUT2D eigenvalue weighted by molar-refractivity contribution is 7.47. The van der Waals surface area contributed by atoms with Crippen molar-refractivity contribution in [1.82, 2.24) is 0 Å². The Bertz CT molecular complexity index is 1140. The zero-order valence-electron chi connectivity index (χ0n) is 39.1. The zero-order chi connectivity index (χ0) is 44.6. The summed E-state index contributed by atoms with van der Waals surface area (Å²) in [5.41, 5.74) is 0. The molecule has 0 aliphatic carbocycles. The summed E-state index contributed by atoms with van der Waals surface area (Å²) in [7, 11) is -4.53. The molecule has 10 heteroatoms. The molecule has 3 unspecified atom stereocenters. The summed E-state index contributed by atoms with van der Waals surface area (Å²) < 4.78 is 33.5. The number of aliphatic hydroxyl groups excluding tert-OH is 2. The van der Waals surface area contributed by atoms with Crippen LogP contribution in [0, 0.1) is 0 Å². The van der Waals surface area contributed by atoms with Gasteiger partial charge in [0.2, 0.25) is 0 Å². The Balaban J connectivity index is 4.14. The third-order valence-electron chi connectivity index (χ3n) is 10.4. The number of allylic oxidation sites excluding steroid dienone is 10. The first-order chi connectivity index (χ1) is 29.8. The molecule has 356 valence electrons. The molecule has 3 N–H and O–H groups in total. The molecule has 0 saturated heterocycles. The molecule has 0 radical (unpaired) electrons. The van der Waals surface area contributed by atoms with Gasteiger partial charge in [0.05, 0.1) is 26.4 Å². The highest BCUT2D eigenvalue weighted by Crippen LogP contribution is 2.43. The first kappa shape index (κ1) is 59.2. The maximum atomic E-state index is 12.7. The number of carbonyl (C=O) groups is 1. The lowest BCUT2D eigenvalue weighted by Crippen LogP contribution is -2.29. The maximum Gasteiger partial charge on any atom is 0.472 e. The predicted octanol–water partition coefficient (Wildman–Crippen LogP) is 14.3. The lowest BCUT2D eigenvalue weighted by molar-refractivity contribution is -0.154.